The van der Waals surface area contributed by atoms with Gasteiger partial charge in [0, 0.05) is 16.2 Å². The van der Waals surface area contributed by atoms with E-state index in [1.807, 2.05) is 31.2 Å². The second-order valence-corrected chi connectivity index (χ2v) is 5.10. The van der Waals surface area contributed by atoms with Crippen LogP contribution in [0.4, 0.5) is 0 Å². The van der Waals surface area contributed by atoms with Gasteiger partial charge >= 0.3 is 0 Å². The number of pyridine rings is 1. The fourth-order valence-electron chi connectivity index (χ4n) is 1.66. The molecule has 0 unspecified atom stereocenters. The minimum Gasteiger partial charge on any atom is -0.487 e. The van der Waals surface area contributed by atoms with Gasteiger partial charge < -0.3 is 10.5 Å². The molecule has 98 valence electrons. The van der Waals surface area contributed by atoms with Crippen LogP contribution in [0.3, 0.4) is 0 Å². The summed E-state index contributed by atoms with van der Waals surface area (Å²) in [6.07, 6.45) is 3.38. The normalized spacial score (nSPS) is 10.2. The zero-order valence-electron chi connectivity index (χ0n) is 10.5. The molecule has 4 nitrogen and oxygen atoms in total. The molecule has 1 aromatic heterocycles. The molecule has 0 aliphatic rings. The van der Waals surface area contributed by atoms with E-state index in [-0.39, 0.29) is 5.84 Å². The van der Waals surface area contributed by atoms with E-state index in [4.69, 9.17) is 15.9 Å². The first-order valence-electron chi connectivity index (χ1n) is 5.73. The Morgan fingerprint density at radius 3 is 2.79 bits per heavy atom. The number of ether oxygens (including phenoxy) is 1. The van der Waals surface area contributed by atoms with Crippen LogP contribution in [-0.4, -0.2) is 10.8 Å². The summed E-state index contributed by atoms with van der Waals surface area (Å²) in [6.45, 7) is 2.44. The molecule has 2 rings (SSSR count). The number of benzene rings is 1. The lowest BCUT2D eigenvalue weighted by molar-refractivity contribution is 0.304. The number of amidine groups is 1. The highest BCUT2D eigenvalue weighted by atomic mass is 79.9. The molecule has 0 fully saturated rings. The molecule has 2 aromatic rings. The highest BCUT2D eigenvalue weighted by molar-refractivity contribution is 9.10. The smallest absolute Gasteiger partial charge is 0.139 e. The van der Waals surface area contributed by atoms with Crippen molar-refractivity contribution in [2.45, 2.75) is 13.5 Å². The topological polar surface area (TPSA) is 72.0 Å². The summed E-state index contributed by atoms with van der Waals surface area (Å²) in [6, 6.07) is 7.51. The number of aryl methyl sites for hydroxylation is 1. The third kappa shape index (κ3) is 3.54. The van der Waals surface area contributed by atoms with Crippen molar-refractivity contribution >= 4 is 21.8 Å². The van der Waals surface area contributed by atoms with Crippen LogP contribution in [0.25, 0.3) is 0 Å². The molecule has 0 atom stereocenters. The van der Waals surface area contributed by atoms with Gasteiger partial charge in [-0.25, -0.2) is 0 Å². The Labute approximate surface area is 120 Å². The third-order valence-electron chi connectivity index (χ3n) is 2.73. The minimum atomic E-state index is 0.0757. The maximum Gasteiger partial charge on any atom is 0.139 e. The van der Waals surface area contributed by atoms with Crippen LogP contribution in [0.1, 0.15) is 16.7 Å². The van der Waals surface area contributed by atoms with E-state index in [1.54, 1.807) is 12.4 Å². The predicted octanol–water partition coefficient (Wildman–Crippen LogP) is 3.02. The lowest BCUT2D eigenvalue weighted by Crippen LogP contribution is -2.11. The Bertz CT molecular complexity index is 613. The van der Waals surface area contributed by atoms with E-state index >= 15 is 0 Å². The molecule has 0 aliphatic heterocycles. The van der Waals surface area contributed by atoms with Crippen LogP contribution in [-0.2, 0) is 6.61 Å². The lowest BCUT2D eigenvalue weighted by Gasteiger charge is -2.10. The first kappa shape index (κ1) is 13.5. The summed E-state index contributed by atoms with van der Waals surface area (Å²) in [5.41, 5.74) is 8.29. The number of nitrogens with zero attached hydrogens (tertiary/aromatic N) is 1. The van der Waals surface area contributed by atoms with Crippen molar-refractivity contribution in [3.05, 3.63) is 57.8 Å². The molecule has 0 saturated carbocycles. The van der Waals surface area contributed by atoms with Gasteiger partial charge in [-0.05, 0) is 46.1 Å². The van der Waals surface area contributed by atoms with Crippen molar-refractivity contribution in [1.29, 1.82) is 5.41 Å². The second kappa shape index (κ2) is 5.84. The van der Waals surface area contributed by atoms with E-state index in [0.717, 1.165) is 21.2 Å². The monoisotopic (exact) mass is 319 g/mol. The van der Waals surface area contributed by atoms with Crippen LogP contribution >= 0.6 is 15.9 Å². The van der Waals surface area contributed by atoms with Gasteiger partial charge in [0.2, 0.25) is 0 Å². The zero-order valence-corrected chi connectivity index (χ0v) is 12.1. The summed E-state index contributed by atoms with van der Waals surface area (Å²) in [5.74, 6) is 0.788. The highest BCUT2D eigenvalue weighted by Crippen LogP contribution is 2.18. The standard InChI is InChI=1S/C14H14BrN3O/c1-9-4-10(14(16)17)2-3-11(9)8-19-13-5-12(15)6-18-7-13/h2-7H,8H2,1H3,(H3,16,17). The number of hydrogen-bond acceptors (Lipinski definition) is 3. The Kier molecular flexibility index (Phi) is 4.16. The van der Waals surface area contributed by atoms with Crippen molar-refractivity contribution in [1.82, 2.24) is 4.98 Å². The van der Waals surface area contributed by atoms with E-state index < -0.39 is 0 Å². The fraction of sp³-hybridized carbons (Fsp3) is 0.143. The Balaban J connectivity index is 2.10. The van der Waals surface area contributed by atoms with Gasteiger partial charge in [-0.3, -0.25) is 10.4 Å². The Morgan fingerprint density at radius 2 is 2.16 bits per heavy atom. The van der Waals surface area contributed by atoms with Gasteiger partial charge in [-0.1, -0.05) is 12.1 Å². The average molecular weight is 320 g/mol. The lowest BCUT2D eigenvalue weighted by atomic mass is 10.1. The van der Waals surface area contributed by atoms with Crippen molar-refractivity contribution in [3.8, 4) is 5.75 Å². The Hall–Kier alpha value is -1.88. The number of nitrogens with two attached hydrogens (primary N) is 1. The molecule has 1 aromatic carbocycles. The number of hydrogen-bond donors (Lipinski definition) is 2. The molecule has 0 amide bonds. The SMILES string of the molecule is Cc1cc(C(=N)N)ccc1COc1cncc(Br)c1. The summed E-state index contributed by atoms with van der Waals surface area (Å²) < 4.78 is 6.56. The summed E-state index contributed by atoms with van der Waals surface area (Å²) in [4.78, 5) is 4.04. The van der Waals surface area contributed by atoms with Crippen LogP contribution < -0.4 is 10.5 Å². The second-order valence-electron chi connectivity index (χ2n) is 4.18. The molecular weight excluding hydrogens is 306 g/mol. The number of nitrogens with one attached hydrogen (secondary N) is 1. The third-order valence-corrected chi connectivity index (χ3v) is 3.16. The van der Waals surface area contributed by atoms with Gasteiger partial charge in [0.05, 0.1) is 6.20 Å². The quantitative estimate of drug-likeness (QED) is 0.672. The minimum absolute atomic E-state index is 0.0757. The van der Waals surface area contributed by atoms with E-state index in [2.05, 4.69) is 20.9 Å². The summed E-state index contributed by atoms with van der Waals surface area (Å²) >= 11 is 3.35. The molecular formula is C14H14BrN3O. The largest absolute Gasteiger partial charge is 0.487 e. The van der Waals surface area contributed by atoms with Crippen LogP contribution in [0.15, 0.2) is 41.1 Å². The summed E-state index contributed by atoms with van der Waals surface area (Å²) in [5, 5.41) is 7.40. The maximum atomic E-state index is 7.40. The van der Waals surface area contributed by atoms with E-state index in [1.165, 1.54) is 0 Å². The summed E-state index contributed by atoms with van der Waals surface area (Å²) in [7, 11) is 0. The molecule has 5 heteroatoms. The van der Waals surface area contributed by atoms with Gasteiger partial charge in [-0.2, -0.15) is 0 Å². The van der Waals surface area contributed by atoms with Crippen molar-refractivity contribution in [2.75, 3.05) is 0 Å². The number of halogens is 1. The molecule has 0 bridgehead atoms. The fourth-order valence-corrected chi connectivity index (χ4v) is 2.00. The molecule has 0 radical (unpaired) electrons. The number of rotatable bonds is 4. The van der Waals surface area contributed by atoms with E-state index in [0.29, 0.717) is 12.4 Å². The van der Waals surface area contributed by atoms with Crippen molar-refractivity contribution in [3.63, 3.8) is 0 Å². The molecule has 19 heavy (non-hydrogen) atoms. The molecule has 1 heterocycles. The molecule has 0 spiro atoms. The first-order valence-corrected chi connectivity index (χ1v) is 6.53. The maximum absolute atomic E-state index is 7.40. The predicted molar refractivity (Wildman–Crippen MR) is 78.5 cm³/mol. The van der Waals surface area contributed by atoms with Crippen LogP contribution in [0, 0.1) is 12.3 Å². The molecule has 3 N–H and O–H groups in total. The number of nitrogen functional groups attached to an aromatic ring is 1. The van der Waals surface area contributed by atoms with Gasteiger partial charge in [-0.15, -0.1) is 0 Å². The van der Waals surface area contributed by atoms with Crippen LogP contribution in [0.5, 0.6) is 5.75 Å². The highest BCUT2D eigenvalue weighted by Gasteiger charge is 2.03. The van der Waals surface area contributed by atoms with Gasteiger partial charge in [0.25, 0.3) is 0 Å². The molecule has 0 aliphatic carbocycles. The molecule has 0 saturated heterocycles. The first-order chi connectivity index (χ1) is 9.06. The van der Waals surface area contributed by atoms with E-state index in [9.17, 15) is 0 Å². The number of aromatic nitrogens is 1. The van der Waals surface area contributed by atoms with Crippen molar-refractivity contribution < 1.29 is 4.74 Å². The Morgan fingerprint density at radius 1 is 1.37 bits per heavy atom. The van der Waals surface area contributed by atoms with Gasteiger partial charge in [0.15, 0.2) is 0 Å². The zero-order chi connectivity index (χ0) is 13.8. The average Bonchev–Trinajstić information content (AvgIpc) is 2.37. The van der Waals surface area contributed by atoms with Crippen LogP contribution in [0.2, 0.25) is 0 Å². The van der Waals surface area contributed by atoms with Gasteiger partial charge in [0.1, 0.15) is 18.2 Å². The van der Waals surface area contributed by atoms with Crippen molar-refractivity contribution in [2.24, 2.45) is 5.73 Å².